The standard InChI is InChI=1S/C8H14N4/c1-7(11-10-2)8(5-9)6-12(3)4/h6,10H,1-4H3. The molecule has 0 saturated heterocycles. The summed E-state index contributed by atoms with van der Waals surface area (Å²) in [4.78, 5) is 1.81. The molecule has 0 fully saturated rings. The maximum Gasteiger partial charge on any atom is 0.103 e. The van der Waals surface area contributed by atoms with Gasteiger partial charge in [0.05, 0.1) is 11.3 Å². The molecule has 0 aliphatic heterocycles. The lowest BCUT2D eigenvalue weighted by Gasteiger charge is -2.05. The molecule has 0 aromatic carbocycles. The van der Waals surface area contributed by atoms with Crippen molar-refractivity contribution in [3.63, 3.8) is 0 Å². The number of rotatable bonds is 3. The Hall–Kier alpha value is -1.50. The van der Waals surface area contributed by atoms with Crippen LogP contribution in [0.3, 0.4) is 0 Å². The van der Waals surface area contributed by atoms with Crippen molar-refractivity contribution >= 4 is 5.71 Å². The summed E-state index contributed by atoms with van der Waals surface area (Å²) in [6.07, 6.45) is 1.73. The summed E-state index contributed by atoms with van der Waals surface area (Å²) in [5.74, 6) is 0. The fraction of sp³-hybridized carbons (Fsp3) is 0.500. The molecule has 0 heterocycles. The quantitative estimate of drug-likeness (QED) is 0.378. The third-order valence-electron chi connectivity index (χ3n) is 1.18. The molecule has 0 rings (SSSR count). The van der Waals surface area contributed by atoms with E-state index >= 15 is 0 Å². The highest BCUT2D eigenvalue weighted by atomic mass is 15.3. The highest BCUT2D eigenvalue weighted by molar-refractivity contribution is 6.01. The van der Waals surface area contributed by atoms with Gasteiger partial charge in [-0.15, -0.1) is 0 Å². The molecule has 12 heavy (non-hydrogen) atoms. The second-order valence-corrected chi connectivity index (χ2v) is 2.54. The zero-order valence-corrected chi connectivity index (χ0v) is 7.92. The van der Waals surface area contributed by atoms with Gasteiger partial charge in [-0.25, -0.2) is 0 Å². The molecular formula is C8H14N4. The summed E-state index contributed by atoms with van der Waals surface area (Å²) in [7, 11) is 5.43. The van der Waals surface area contributed by atoms with Gasteiger partial charge in [-0.2, -0.15) is 10.4 Å². The predicted octanol–water partition coefficient (Wildman–Crippen LogP) is 0.551. The third kappa shape index (κ3) is 3.62. The van der Waals surface area contributed by atoms with Gasteiger partial charge in [0.15, 0.2) is 0 Å². The van der Waals surface area contributed by atoms with E-state index in [1.54, 1.807) is 20.2 Å². The van der Waals surface area contributed by atoms with E-state index in [1.807, 2.05) is 19.0 Å². The molecule has 0 atom stereocenters. The molecule has 0 unspecified atom stereocenters. The topological polar surface area (TPSA) is 51.4 Å². The average molecular weight is 166 g/mol. The minimum atomic E-state index is 0.564. The zero-order chi connectivity index (χ0) is 9.56. The van der Waals surface area contributed by atoms with Crippen molar-refractivity contribution in [3.05, 3.63) is 11.8 Å². The molecule has 66 valence electrons. The van der Waals surface area contributed by atoms with Crippen LogP contribution in [-0.2, 0) is 0 Å². The SMILES string of the molecule is CNN=C(C)C(C#N)=CN(C)C. The van der Waals surface area contributed by atoms with Crippen LogP contribution in [0, 0.1) is 11.3 Å². The molecule has 0 amide bonds. The largest absolute Gasteiger partial charge is 0.382 e. The summed E-state index contributed by atoms with van der Waals surface area (Å²) in [5, 5.41) is 12.6. The molecular weight excluding hydrogens is 152 g/mol. The van der Waals surface area contributed by atoms with E-state index in [0.717, 1.165) is 0 Å². The van der Waals surface area contributed by atoms with Gasteiger partial charge in [-0.1, -0.05) is 0 Å². The van der Waals surface area contributed by atoms with Crippen LogP contribution in [0.1, 0.15) is 6.92 Å². The van der Waals surface area contributed by atoms with Gasteiger partial charge >= 0.3 is 0 Å². The van der Waals surface area contributed by atoms with Crippen LogP contribution < -0.4 is 5.43 Å². The first-order valence-electron chi connectivity index (χ1n) is 3.61. The lowest BCUT2D eigenvalue weighted by Crippen LogP contribution is -2.08. The molecule has 1 N–H and O–H groups in total. The van der Waals surface area contributed by atoms with E-state index in [4.69, 9.17) is 5.26 Å². The van der Waals surface area contributed by atoms with Crippen LogP contribution in [-0.4, -0.2) is 31.8 Å². The van der Waals surface area contributed by atoms with Gasteiger partial charge in [0.25, 0.3) is 0 Å². The molecule has 0 radical (unpaired) electrons. The molecule has 4 nitrogen and oxygen atoms in total. The lowest BCUT2D eigenvalue weighted by atomic mass is 10.2. The van der Waals surface area contributed by atoms with Crippen LogP contribution in [0.4, 0.5) is 0 Å². The molecule has 0 aromatic rings. The number of hydrogen-bond donors (Lipinski definition) is 1. The minimum Gasteiger partial charge on any atom is -0.382 e. The molecule has 0 aliphatic rings. The second kappa shape index (κ2) is 5.19. The molecule has 0 spiro atoms. The number of nitrogens with one attached hydrogen (secondary N) is 1. The van der Waals surface area contributed by atoms with Gasteiger partial charge in [0.2, 0.25) is 0 Å². The van der Waals surface area contributed by atoms with Crippen molar-refractivity contribution < 1.29 is 0 Å². The first-order valence-corrected chi connectivity index (χ1v) is 3.61. The van der Waals surface area contributed by atoms with Crippen LogP contribution >= 0.6 is 0 Å². The summed E-state index contributed by atoms with van der Waals surface area (Å²) in [6, 6.07) is 2.07. The van der Waals surface area contributed by atoms with Crippen molar-refractivity contribution in [2.75, 3.05) is 21.1 Å². The average Bonchev–Trinajstić information content (AvgIpc) is 2.00. The minimum absolute atomic E-state index is 0.564. The van der Waals surface area contributed by atoms with Crippen molar-refractivity contribution in [2.24, 2.45) is 5.10 Å². The smallest absolute Gasteiger partial charge is 0.103 e. The van der Waals surface area contributed by atoms with Crippen LogP contribution in [0.25, 0.3) is 0 Å². The van der Waals surface area contributed by atoms with Gasteiger partial charge in [0, 0.05) is 27.3 Å². The summed E-state index contributed by atoms with van der Waals surface area (Å²) in [6.45, 7) is 1.79. The highest BCUT2D eigenvalue weighted by Gasteiger charge is 1.99. The fourth-order valence-corrected chi connectivity index (χ4v) is 0.689. The number of nitriles is 1. The molecule has 4 heteroatoms. The number of hydrazone groups is 1. The Morgan fingerprint density at radius 1 is 1.58 bits per heavy atom. The molecule has 0 aliphatic carbocycles. The van der Waals surface area contributed by atoms with E-state index < -0.39 is 0 Å². The van der Waals surface area contributed by atoms with E-state index in [1.165, 1.54) is 0 Å². The van der Waals surface area contributed by atoms with Crippen molar-refractivity contribution in [3.8, 4) is 6.07 Å². The Balaban J connectivity index is 4.59. The third-order valence-corrected chi connectivity index (χ3v) is 1.18. The number of allylic oxidation sites excluding steroid dienone is 1. The highest BCUT2D eigenvalue weighted by Crippen LogP contribution is 1.96. The summed E-state index contributed by atoms with van der Waals surface area (Å²) in [5.41, 5.74) is 3.89. The Kier molecular flexibility index (Phi) is 4.54. The van der Waals surface area contributed by atoms with Crippen molar-refractivity contribution in [2.45, 2.75) is 6.92 Å². The van der Waals surface area contributed by atoms with Crippen molar-refractivity contribution in [1.82, 2.24) is 10.3 Å². The summed E-state index contributed by atoms with van der Waals surface area (Å²) < 4.78 is 0. The normalized spacial score (nSPS) is 12.2. The Labute approximate surface area is 73.2 Å². The Bertz CT molecular complexity index is 232. The van der Waals surface area contributed by atoms with Gasteiger partial charge in [0.1, 0.15) is 6.07 Å². The van der Waals surface area contributed by atoms with Crippen LogP contribution in [0.5, 0.6) is 0 Å². The fourth-order valence-electron chi connectivity index (χ4n) is 0.689. The maximum absolute atomic E-state index is 8.72. The Morgan fingerprint density at radius 3 is 2.50 bits per heavy atom. The first-order chi connectivity index (χ1) is 5.61. The monoisotopic (exact) mass is 166 g/mol. The molecule has 0 aromatic heterocycles. The van der Waals surface area contributed by atoms with Gasteiger partial charge in [-0.05, 0) is 6.92 Å². The predicted molar refractivity (Wildman–Crippen MR) is 49.6 cm³/mol. The van der Waals surface area contributed by atoms with E-state index in [2.05, 4.69) is 16.6 Å². The zero-order valence-electron chi connectivity index (χ0n) is 7.92. The van der Waals surface area contributed by atoms with Gasteiger partial charge in [-0.3, -0.25) is 0 Å². The van der Waals surface area contributed by atoms with E-state index in [-0.39, 0.29) is 0 Å². The number of nitrogens with zero attached hydrogens (tertiary/aromatic N) is 3. The van der Waals surface area contributed by atoms with Crippen LogP contribution in [0.2, 0.25) is 0 Å². The van der Waals surface area contributed by atoms with E-state index in [0.29, 0.717) is 11.3 Å². The molecule has 0 saturated carbocycles. The lowest BCUT2D eigenvalue weighted by molar-refractivity contribution is 0.562. The second-order valence-electron chi connectivity index (χ2n) is 2.54. The molecule has 0 bridgehead atoms. The van der Waals surface area contributed by atoms with Crippen LogP contribution in [0.15, 0.2) is 16.9 Å². The van der Waals surface area contributed by atoms with E-state index in [9.17, 15) is 0 Å². The Morgan fingerprint density at radius 2 is 2.17 bits per heavy atom. The summed E-state index contributed by atoms with van der Waals surface area (Å²) >= 11 is 0. The number of hydrogen-bond acceptors (Lipinski definition) is 4. The van der Waals surface area contributed by atoms with Gasteiger partial charge < -0.3 is 10.3 Å². The van der Waals surface area contributed by atoms with Crippen molar-refractivity contribution in [1.29, 1.82) is 5.26 Å². The first kappa shape index (κ1) is 10.5. The maximum atomic E-state index is 8.72.